The number of fused-ring (bicyclic) bond motifs is 2. The third-order valence-electron chi connectivity index (χ3n) is 19.3. The number of hydrogen-bond donors (Lipinski definition) is 10. The van der Waals surface area contributed by atoms with E-state index in [4.69, 9.17) is 33.2 Å². The van der Waals surface area contributed by atoms with Gasteiger partial charge in [0.15, 0.2) is 18.9 Å². The smallest absolute Gasteiger partial charge is 0.187 e. The van der Waals surface area contributed by atoms with Crippen molar-refractivity contribution >= 4 is 0 Å². The fraction of sp³-hybridized carbons (Fsp3) is 1.00. The van der Waals surface area contributed by atoms with Crippen molar-refractivity contribution in [2.75, 3.05) is 13.2 Å². The second-order valence-electron chi connectivity index (χ2n) is 23.4. The van der Waals surface area contributed by atoms with E-state index in [1.54, 1.807) is 13.8 Å². The Morgan fingerprint density at radius 2 is 1.25 bits per heavy atom. The summed E-state index contributed by atoms with van der Waals surface area (Å²) in [5.41, 5.74) is -3.35. The molecule has 0 radical (unpaired) electrons. The van der Waals surface area contributed by atoms with Gasteiger partial charge < -0.3 is 84.2 Å². The van der Waals surface area contributed by atoms with Crippen molar-refractivity contribution in [3.63, 3.8) is 0 Å². The molecule has 0 aromatic heterocycles. The number of hydrogen-bond acceptors (Lipinski definition) is 17. The molecule has 5 aliphatic carbocycles. The third-order valence-corrected chi connectivity index (χ3v) is 19.3. The van der Waals surface area contributed by atoms with Gasteiger partial charge in [-0.1, -0.05) is 27.7 Å². The predicted octanol–water partition coefficient (Wildman–Crippen LogP) is 0.215. The molecule has 0 amide bonds. The van der Waals surface area contributed by atoms with Crippen LogP contribution in [0, 0.1) is 44.8 Å². The molecule has 63 heavy (non-hydrogen) atoms. The van der Waals surface area contributed by atoms with Crippen molar-refractivity contribution in [2.24, 2.45) is 44.8 Å². The van der Waals surface area contributed by atoms with Crippen LogP contribution in [0.5, 0.6) is 0 Å². The van der Waals surface area contributed by atoms with E-state index in [2.05, 4.69) is 34.6 Å². The number of aliphatic hydroxyl groups is 10. The lowest BCUT2D eigenvalue weighted by Gasteiger charge is -2.65. The van der Waals surface area contributed by atoms with Gasteiger partial charge in [0.25, 0.3) is 0 Å². The zero-order chi connectivity index (χ0) is 45.8. The van der Waals surface area contributed by atoms with Gasteiger partial charge in [-0.15, -0.1) is 0 Å². The first-order valence-electron chi connectivity index (χ1n) is 23.6. The molecular weight excluding hydrogens is 824 g/mol. The van der Waals surface area contributed by atoms with Crippen LogP contribution in [0.2, 0.25) is 0 Å². The average Bonchev–Trinajstić information content (AvgIpc) is 3.57. The highest BCUT2D eigenvalue weighted by Gasteiger charge is 2.85. The molecule has 9 aliphatic rings. The number of aliphatic hydroxyl groups excluding tert-OH is 9. The van der Waals surface area contributed by atoms with Crippen LogP contribution >= 0.6 is 0 Å². The summed E-state index contributed by atoms with van der Waals surface area (Å²) in [4.78, 5) is 0. The Hall–Kier alpha value is -0.680. The van der Waals surface area contributed by atoms with Gasteiger partial charge in [0.05, 0.1) is 54.9 Å². The van der Waals surface area contributed by atoms with Gasteiger partial charge in [-0.25, -0.2) is 0 Å². The summed E-state index contributed by atoms with van der Waals surface area (Å²) in [7, 11) is 0. The van der Waals surface area contributed by atoms with Gasteiger partial charge in [-0.2, -0.15) is 0 Å². The Morgan fingerprint density at radius 1 is 0.603 bits per heavy atom. The van der Waals surface area contributed by atoms with Gasteiger partial charge >= 0.3 is 0 Å². The molecule has 0 aromatic rings. The Morgan fingerprint density at radius 3 is 1.92 bits per heavy atom. The van der Waals surface area contributed by atoms with E-state index in [0.29, 0.717) is 25.7 Å². The molecule has 5 saturated carbocycles. The molecule has 17 heteroatoms. The minimum absolute atomic E-state index is 0.0959. The van der Waals surface area contributed by atoms with E-state index >= 15 is 0 Å². The minimum Gasteiger partial charge on any atom is -0.393 e. The molecule has 4 aliphatic heterocycles. The molecule has 9 fully saturated rings. The normalized spacial score (nSPS) is 59.0. The van der Waals surface area contributed by atoms with Crippen LogP contribution in [-0.2, 0) is 33.2 Å². The van der Waals surface area contributed by atoms with E-state index in [0.717, 1.165) is 32.1 Å². The standard InChI is InChI=1S/C46H76O17/c1-20-28(50)31(53)33(55)38(59-20)62-34-30(52)23(49)18-58-39(34)61-26-10-12-46-19-45(46)14-13-42(6)35(44(8)11-9-27(63-44)41(4,5)56)21(47)16-43(42,7)25(45)15-24(36(46)40(26,2)3)60-37-32(54)29(51)22(48)17-57-37/h20-39,47-56H,9-19H2,1-8H3/t20-,21?,22+,23+,24?,25-,26?,27?,28-,29-,30-,31+,32+,33+,34+,35-,36-,37-,38-,39-,42+,43-,44-,45+,46+/m0/s1. The summed E-state index contributed by atoms with van der Waals surface area (Å²) in [5, 5.41) is 109. The van der Waals surface area contributed by atoms with Crippen molar-refractivity contribution in [3.8, 4) is 0 Å². The average molecular weight is 901 g/mol. The Labute approximate surface area is 370 Å². The molecular formula is C46H76O17. The molecule has 4 unspecified atom stereocenters. The Balaban J connectivity index is 1.03. The molecule has 362 valence electrons. The van der Waals surface area contributed by atoms with Crippen LogP contribution in [0.4, 0.5) is 0 Å². The van der Waals surface area contributed by atoms with Crippen molar-refractivity contribution in [3.05, 3.63) is 0 Å². The highest BCUT2D eigenvalue weighted by atomic mass is 16.8. The van der Waals surface area contributed by atoms with Crippen LogP contribution in [-0.4, -0.2) is 180 Å². The van der Waals surface area contributed by atoms with E-state index in [-0.39, 0.29) is 58.7 Å². The predicted molar refractivity (Wildman–Crippen MR) is 219 cm³/mol. The first-order chi connectivity index (χ1) is 29.3. The number of ether oxygens (including phenoxy) is 7. The van der Waals surface area contributed by atoms with Gasteiger partial charge in [-0.05, 0) is 124 Å². The fourth-order valence-corrected chi connectivity index (χ4v) is 16.0. The second kappa shape index (κ2) is 15.7. The van der Waals surface area contributed by atoms with E-state index < -0.39 is 115 Å². The quantitative estimate of drug-likeness (QED) is 0.146. The SMILES string of the molecule is C[C@@H]1O[C@@H](O[C@H]2[C@H](OC3CC[C@]45C[C@@]46CC[C@]4(C)[C@@H]([C@]7(C)CCC(C(C)(C)O)O7)C(O)C[C@@]4(C)[C@@H]6CC(O[C@@H]4OC[C@@H](O)[C@H](O)[C@H]4O)[C@H]5C3(C)C)OC[C@@H](O)[C@@H]2O)[C@H](O)[C@H](O)[C@H]1O. The monoisotopic (exact) mass is 901 g/mol. The highest BCUT2D eigenvalue weighted by Crippen LogP contribution is 2.89. The third kappa shape index (κ3) is 6.94. The van der Waals surface area contributed by atoms with Crippen LogP contribution in [0.15, 0.2) is 0 Å². The van der Waals surface area contributed by atoms with Gasteiger partial charge in [0.2, 0.25) is 0 Å². The molecule has 10 N–H and O–H groups in total. The maximum atomic E-state index is 12.3. The Kier molecular flexibility index (Phi) is 11.8. The molecule has 0 aromatic carbocycles. The van der Waals surface area contributed by atoms with Crippen LogP contribution < -0.4 is 0 Å². The Bertz CT molecular complexity index is 1700. The minimum atomic E-state index is -1.67. The van der Waals surface area contributed by atoms with Gasteiger partial charge in [0.1, 0.15) is 54.9 Å². The first kappa shape index (κ1) is 47.4. The van der Waals surface area contributed by atoms with Crippen molar-refractivity contribution < 1.29 is 84.2 Å². The zero-order valence-electron chi connectivity index (χ0n) is 38.2. The molecule has 9 rings (SSSR count). The molecule has 2 spiro atoms. The lowest BCUT2D eigenvalue weighted by atomic mass is 9.41. The lowest BCUT2D eigenvalue weighted by Crippen LogP contribution is -2.65. The summed E-state index contributed by atoms with van der Waals surface area (Å²) < 4.78 is 44.4. The molecule has 4 saturated heterocycles. The van der Waals surface area contributed by atoms with E-state index in [9.17, 15) is 51.1 Å². The fourth-order valence-electron chi connectivity index (χ4n) is 16.0. The topological polar surface area (TPSA) is 267 Å². The summed E-state index contributed by atoms with van der Waals surface area (Å²) in [6, 6.07) is 0. The van der Waals surface area contributed by atoms with Gasteiger partial charge in [-0.3, -0.25) is 0 Å². The van der Waals surface area contributed by atoms with Gasteiger partial charge in [0, 0.05) is 5.92 Å². The summed E-state index contributed by atoms with van der Waals surface area (Å²) >= 11 is 0. The molecule has 4 heterocycles. The maximum Gasteiger partial charge on any atom is 0.187 e. The van der Waals surface area contributed by atoms with E-state index in [1.807, 2.05) is 0 Å². The van der Waals surface area contributed by atoms with E-state index in [1.165, 1.54) is 6.92 Å². The summed E-state index contributed by atoms with van der Waals surface area (Å²) in [6.07, 6.45) is -13.3. The van der Waals surface area contributed by atoms with Crippen LogP contribution in [0.3, 0.4) is 0 Å². The maximum absolute atomic E-state index is 12.3. The lowest BCUT2D eigenvalue weighted by molar-refractivity contribution is -0.366. The molecule has 17 nitrogen and oxygen atoms in total. The number of rotatable bonds is 8. The second-order valence-corrected chi connectivity index (χ2v) is 23.4. The molecule has 25 atom stereocenters. The van der Waals surface area contributed by atoms with Crippen molar-refractivity contribution in [1.82, 2.24) is 0 Å². The first-order valence-corrected chi connectivity index (χ1v) is 23.6. The van der Waals surface area contributed by atoms with Crippen molar-refractivity contribution in [1.29, 1.82) is 0 Å². The van der Waals surface area contributed by atoms with Crippen molar-refractivity contribution in [2.45, 2.75) is 229 Å². The molecule has 0 bridgehead atoms. The summed E-state index contributed by atoms with van der Waals surface area (Å²) in [5.74, 6) is -0.264. The summed E-state index contributed by atoms with van der Waals surface area (Å²) in [6.45, 7) is 15.6. The van der Waals surface area contributed by atoms with Crippen LogP contribution in [0.1, 0.15) is 113 Å². The zero-order valence-corrected chi connectivity index (χ0v) is 38.2. The largest absolute Gasteiger partial charge is 0.393 e. The van der Waals surface area contributed by atoms with Crippen LogP contribution in [0.25, 0.3) is 0 Å². The highest BCUT2D eigenvalue weighted by molar-refractivity contribution is 5.33.